The summed E-state index contributed by atoms with van der Waals surface area (Å²) in [7, 11) is 0. The van der Waals surface area contributed by atoms with Gasteiger partial charge in [0.25, 0.3) is 0 Å². The van der Waals surface area contributed by atoms with E-state index in [4.69, 9.17) is 0 Å². The van der Waals surface area contributed by atoms with Gasteiger partial charge in [-0.05, 0) is 42.9 Å². The highest BCUT2D eigenvalue weighted by atomic mass is 79.9. The maximum Gasteiger partial charge on any atom is 0.246 e. The van der Waals surface area contributed by atoms with Crippen molar-refractivity contribution in [2.45, 2.75) is 19.9 Å². The van der Waals surface area contributed by atoms with E-state index in [-0.39, 0.29) is 11.9 Å². The molecule has 0 heterocycles. The van der Waals surface area contributed by atoms with Crippen LogP contribution in [0.5, 0.6) is 0 Å². The summed E-state index contributed by atoms with van der Waals surface area (Å²) in [5.41, 5.74) is 1.82. The molecule has 0 aliphatic rings. The monoisotopic (exact) mass is 360 g/mol. The van der Waals surface area contributed by atoms with E-state index in [0.717, 1.165) is 28.8 Å². The number of hydrogen-bond acceptors (Lipinski definition) is 2. The standard InChI is InChI=1S/C18H21BrN2O/c1-3-21(4-2)17(14-8-6-5-7-9-14)18(22)20-16-12-10-15(19)11-13-16/h5-13,17H,3-4H2,1-2H3,(H,20,22). The number of carbonyl (C=O) groups is 1. The number of likely N-dealkylation sites (N-methyl/N-ethyl adjacent to an activating group) is 1. The van der Waals surface area contributed by atoms with Crippen molar-refractivity contribution in [1.82, 2.24) is 4.90 Å². The van der Waals surface area contributed by atoms with Gasteiger partial charge in [0.1, 0.15) is 6.04 Å². The van der Waals surface area contributed by atoms with Crippen molar-refractivity contribution in [2.24, 2.45) is 0 Å². The lowest BCUT2D eigenvalue weighted by Crippen LogP contribution is -2.37. The molecule has 2 aromatic rings. The Hall–Kier alpha value is -1.65. The average molecular weight is 361 g/mol. The predicted molar refractivity (Wildman–Crippen MR) is 94.9 cm³/mol. The summed E-state index contributed by atoms with van der Waals surface area (Å²) in [5.74, 6) is -0.00257. The topological polar surface area (TPSA) is 32.3 Å². The summed E-state index contributed by atoms with van der Waals surface area (Å²) in [6.07, 6.45) is 0. The summed E-state index contributed by atoms with van der Waals surface area (Å²) in [6, 6.07) is 17.3. The Morgan fingerprint density at radius 3 is 2.18 bits per heavy atom. The fourth-order valence-electron chi connectivity index (χ4n) is 2.50. The molecule has 0 aromatic heterocycles. The van der Waals surface area contributed by atoms with Gasteiger partial charge >= 0.3 is 0 Å². The first-order valence-electron chi connectivity index (χ1n) is 7.51. The molecule has 116 valence electrons. The fourth-order valence-corrected chi connectivity index (χ4v) is 2.76. The number of rotatable bonds is 6. The van der Waals surface area contributed by atoms with Gasteiger partial charge in [-0.15, -0.1) is 0 Å². The van der Waals surface area contributed by atoms with Crippen LogP contribution in [0.15, 0.2) is 59.1 Å². The van der Waals surface area contributed by atoms with E-state index in [1.807, 2.05) is 54.6 Å². The summed E-state index contributed by atoms with van der Waals surface area (Å²) in [5, 5.41) is 3.02. The smallest absolute Gasteiger partial charge is 0.246 e. The molecule has 22 heavy (non-hydrogen) atoms. The molecule has 0 spiro atoms. The largest absolute Gasteiger partial charge is 0.324 e. The van der Waals surface area contributed by atoms with Crippen LogP contribution in [0.3, 0.4) is 0 Å². The SMILES string of the molecule is CCN(CC)C(C(=O)Nc1ccc(Br)cc1)c1ccccc1. The third-order valence-electron chi connectivity index (χ3n) is 3.65. The van der Waals surface area contributed by atoms with Crippen LogP contribution in [0, 0.1) is 0 Å². The van der Waals surface area contributed by atoms with Gasteiger partial charge in [0, 0.05) is 10.2 Å². The van der Waals surface area contributed by atoms with Crippen molar-refractivity contribution in [3.8, 4) is 0 Å². The van der Waals surface area contributed by atoms with Crippen LogP contribution in [-0.4, -0.2) is 23.9 Å². The predicted octanol–water partition coefficient (Wildman–Crippen LogP) is 4.47. The number of carbonyl (C=O) groups excluding carboxylic acids is 1. The number of hydrogen-bond donors (Lipinski definition) is 1. The van der Waals surface area contributed by atoms with Gasteiger partial charge in [-0.2, -0.15) is 0 Å². The highest BCUT2D eigenvalue weighted by Crippen LogP contribution is 2.23. The molecule has 0 aliphatic carbocycles. The van der Waals surface area contributed by atoms with Crippen LogP contribution in [0.1, 0.15) is 25.5 Å². The molecule has 0 saturated heterocycles. The number of nitrogens with zero attached hydrogens (tertiary/aromatic N) is 1. The lowest BCUT2D eigenvalue weighted by Gasteiger charge is -2.29. The molecule has 3 nitrogen and oxygen atoms in total. The molecule has 0 bridgehead atoms. The zero-order valence-electron chi connectivity index (χ0n) is 12.9. The Morgan fingerprint density at radius 1 is 1.05 bits per heavy atom. The van der Waals surface area contributed by atoms with Gasteiger partial charge in [0.2, 0.25) is 5.91 Å². The van der Waals surface area contributed by atoms with E-state index in [1.54, 1.807) is 0 Å². The van der Waals surface area contributed by atoms with Crippen LogP contribution < -0.4 is 5.32 Å². The van der Waals surface area contributed by atoms with Crippen LogP contribution in [0.2, 0.25) is 0 Å². The summed E-state index contributed by atoms with van der Waals surface area (Å²) < 4.78 is 0.994. The number of benzene rings is 2. The van der Waals surface area contributed by atoms with Crippen molar-refractivity contribution >= 4 is 27.5 Å². The Balaban J connectivity index is 2.24. The highest BCUT2D eigenvalue weighted by molar-refractivity contribution is 9.10. The van der Waals surface area contributed by atoms with E-state index < -0.39 is 0 Å². The van der Waals surface area contributed by atoms with Crippen LogP contribution >= 0.6 is 15.9 Å². The molecule has 1 unspecified atom stereocenters. The summed E-state index contributed by atoms with van der Waals surface area (Å²) in [6.45, 7) is 5.80. The third-order valence-corrected chi connectivity index (χ3v) is 4.18. The zero-order chi connectivity index (χ0) is 15.9. The maximum absolute atomic E-state index is 12.8. The molecule has 0 radical (unpaired) electrons. The minimum absolute atomic E-state index is 0.00257. The molecule has 2 aromatic carbocycles. The van der Waals surface area contributed by atoms with Crippen molar-refractivity contribution in [2.75, 3.05) is 18.4 Å². The number of nitrogens with one attached hydrogen (secondary N) is 1. The molecule has 0 saturated carbocycles. The zero-order valence-corrected chi connectivity index (χ0v) is 14.5. The third kappa shape index (κ3) is 4.18. The summed E-state index contributed by atoms with van der Waals surface area (Å²) >= 11 is 3.40. The first-order chi connectivity index (χ1) is 10.7. The van der Waals surface area contributed by atoms with E-state index in [2.05, 4.69) is 40.0 Å². The molecular weight excluding hydrogens is 340 g/mol. The Kier molecular flexibility index (Phi) is 6.16. The Labute approximate surface area is 140 Å². The maximum atomic E-state index is 12.8. The lowest BCUT2D eigenvalue weighted by atomic mass is 10.0. The quantitative estimate of drug-likeness (QED) is 0.823. The highest BCUT2D eigenvalue weighted by Gasteiger charge is 2.25. The Bertz CT molecular complexity index is 594. The van der Waals surface area contributed by atoms with Gasteiger partial charge in [0.15, 0.2) is 0 Å². The fraction of sp³-hybridized carbons (Fsp3) is 0.278. The minimum atomic E-state index is -0.278. The van der Waals surface area contributed by atoms with Gasteiger partial charge in [-0.25, -0.2) is 0 Å². The molecule has 0 aliphatic heterocycles. The number of amides is 1. The van der Waals surface area contributed by atoms with Crippen molar-refractivity contribution in [3.63, 3.8) is 0 Å². The second kappa shape index (κ2) is 8.11. The summed E-state index contributed by atoms with van der Waals surface area (Å²) in [4.78, 5) is 14.9. The number of halogens is 1. The van der Waals surface area contributed by atoms with Gasteiger partial charge < -0.3 is 5.32 Å². The van der Waals surface area contributed by atoms with Gasteiger partial charge in [0.05, 0.1) is 0 Å². The lowest BCUT2D eigenvalue weighted by molar-refractivity contribution is -0.121. The molecular formula is C18H21BrN2O. The normalized spacial score (nSPS) is 12.2. The van der Waals surface area contributed by atoms with E-state index in [0.29, 0.717) is 0 Å². The molecule has 4 heteroatoms. The number of anilines is 1. The Morgan fingerprint density at radius 2 is 1.64 bits per heavy atom. The molecule has 1 N–H and O–H groups in total. The average Bonchev–Trinajstić information content (AvgIpc) is 2.55. The second-order valence-corrected chi connectivity index (χ2v) is 5.95. The van der Waals surface area contributed by atoms with Crippen molar-refractivity contribution in [1.29, 1.82) is 0 Å². The van der Waals surface area contributed by atoms with Crippen LogP contribution in [0.25, 0.3) is 0 Å². The van der Waals surface area contributed by atoms with E-state index in [1.165, 1.54) is 0 Å². The van der Waals surface area contributed by atoms with E-state index in [9.17, 15) is 4.79 Å². The van der Waals surface area contributed by atoms with E-state index >= 15 is 0 Å². The molecule has 2 rings (SSSR count). The molecule has 1 amide bonds. The minimum Gasteiger partial charge on any atom is -0.324 e. The van der Waals surface area contributed by atoms with Crippen molar-refractivity contribution in [3.05, 3.63) is 64.6 Å². The molecule has 1 atom stereocenters. The van der Waals surface area contributed by atoms with Crippen LogP contribution in [-0.2, 0) is 4.79 Å². The van der Waals surface area contributed by atoms with Gasteiger partial charge in [-0.1, -0.05) is 60.1 Å². The van der Waals surface area contributed by atoms with Gasteiger partial charge in [-0.3, -0.25) is 9.69 Å². The first-order valence-corrected chi connectivity index (χ1v) is 8.30. The van der Waals surface area contributed by atoms with Crippen molar-refractivity contribution < 1.29 is 4.79 Å². The first kappa shape index (κ1) is 16.7. The van der Waals surface area contributed by atoms with Crippen LogP contribution in [0.4, 0.5) is 5.69 Å². The molecule has 0 fully saturated rings. The second-order valence-electron chi connectivity index (χ2n) is 5.03.